The highest BCUT2D eigenvalue weighted by atomic mass is 16.5. The van der Waals surface area contributed by atoms with Gasteiger partial charge in [0.1, 0.15) is 5.75 Å². The molecule has 0 atom stereocenters. The van der Waals surface area contributed by atoms with Crippen molar-refractivity contribution in [2.45, 2.75) is 20.0 Å². The number of nitrogens with one attached hydrogen (secondary N) is 2. The fourth-order valence-corrected chi connectivity index (χ4v) is 2.16. The van der Waals surface area contributed by atoms with E-state index in [9.17, 15) is 9.59 Å². The fourth-order valence-electron chi connectivity index (χ4n) is 2.16. The van der Waals surface area contributed by atoms with Crippen molar-refractivity contribution in [2.24, 2.45) is 0 Å². The summed E-state index contributed by atoms with van der Waals surface area (Å²) in [5.74, 6) is 0.145. The van der Waals surface area contributed by atoms with Gasteiger partial charge in [-0.15, -0.1) is 6.58 Å². The van der Waals surface area contributed by atoms with Crippen LogP contribution in [0.1, 0.15) is 34.6 Å². The molecule has 0 aliphatic carbocycles. The normalized spacial score (nSPS) is 10.2. The fraction of sp³-hybridized carbons (Fsp3) is 0.200. The van der Waals surface area contributed by atoms with E-state index in [1.165, 1.54) is 0 Å². The number of para-hydroxylation sites is 2. The summed E-state index contributed by atoms with van der Waals surface area (Å²) in [6.07, 6.45) is 1.61. The van der Waals surface area contributed by atoms with Gasteiger partial charge in [-0.2, -0.15) is 0 Å². The molecule has 5 heteroatoms. The topological polar surface area (TPSA) is 67.4 Å². The molecule has 25 heavy (non-hydrogen) atoms. The lowest BCUT2D eigenvalue weighted by Crippen LogP contribution is -2.23. The van der Waals surface area contributed by atoms with E-state index in [0.717, 1.165) is 0 Å². The lowest BCUT2D eigenvalue weighted by molar-refractivity contribution is 0.0956. The van der Waals surface area contributed by atoms with Gasteiger partial charge in [0.2, 0.25) is 0 Å². The van der Waals surface area contributed by atoms with Gasteiger partial charge >= 0.3 is 0 Å². The van der Waals surface area contributed by atoms with Crippen LogP contribution in [0.5, 0.6) is 5.75 Å². The molecule has 2 amide bonds. The molecule has 0 aliphatic heterocycles. The van der Waals surface area contributed by atoms with Crippen molar-refractivity contribution in [1.82, 2.24) is 5.32 Å². The van der Waals surface area contributed by atoms with E-state index < -0.39 is 0 Å². The summed E-state index contributed by atoms with van der Waals surface area (Å²) in [6.45, 7) is 7.80. The molecule has 0 heterocycles. The number of hydrogen-bond donors (Lipinski definition) is 2. The van der Waals surface area contributed by atoms with Gasteiger partial charge in [-0.3, -0.25) is 9.59 Å². The Morgan fingerprint density at radius 3 is 2.24 bits per heavy atom. The second kappa shape index (κ2) is 8.68. The second-order valence-electron chi connectivity index (χ2n) is 5.69. The number of anilines is 1. The molecule has 5 nitrogen and oxygen atoms in total. The standard InChI is InChI=1S/C20H22N2O3/c1-4-13-21-19(23)15-9-11-16(12-10-15)20(24)22-17-7-5-6-8-18(17)25-14(2)3/h4-12,14H,1,13H2,2-3H3,(H,21,23)(H,22,24). The molecular weight excluding hydrogens is 316 g/mol. The van der Waals surface area contributed by atoms with Crippen molar-refractivity contribution in [3.8, 4) is 5.75 Å². The molecule has 0 saturated carbocycles. The van der Waals surface area contributed by atoms with Crippen LogP contribution in [0.3, 0.4) is 0 Å². The smallest absolute Gasteiger partial charge is 0.255 e. The van der Waals surface area contributed by atoms with Gasteiger partial charge in [0.25, 0.3) is 11.8 Å². The van der Waals surface area contributed by atoms with Crippen LogP contribution in [0.25, 0.3) is 0 Å². The summed E-state index contributed by atoms with van der Waals surface area (Å²) < 4.78 is 5.69. The van der Waals surface area contributed by atoms with Crippen molar-refractivity contribution < 1.29 is 14.3 Å². The maximum absolute atomic E-state index is 12.4. The molecule has 0 aromatic heterocycles. The molecule has 0 bridgehead atoms. The Kier molecular flexibility index (Phi) is 6.34. The Labute approximate surface area is 147 Å². The number of ether oxygens (including phenoxy) is 1. The van der Waals surface area contributed by atoms with E-state index in [4.69, 9.17) is 4.74 Å². The number of benzene rings is 2. The quantitative estimate of drug-likeness (QED) is 0.757. The number of carbonyl (C=O) groups is 2. The lowest BCUT2D eigenvalue weighted by atomic mass is 10.1. The molecule has 0 spiro atoms. The van der Waals surface area contributed by atoms with Crippen molar-refractivity contribution in [3.05, 3.63) is 72.3 Å². The van der Waals surface area contributed by atoms with Gasteiger partial charge in [0, 0.05) is 17.7 Å². The first-order valence-corrected chi connectivity index (χ1v) is 8.07. The van der Waals surface area contributed by atoms with Gasteiger partial charge in [0.05, 0.1) is 11.8 Å². The average molecular weight is 338 g/mol. The van der Waals surface area contributed by atoms with Crippen LogP contribution in [-0.2, 0) is 0 Å². The minimum absolute atomic E-state index is 0.00594. The van der Waals surface area contributed by atoms with Crippen molar-refractivity contribution in [1.29, 1.82) is 0 Å². The first-order chi connectivity index (χ1) is 12.0. The molecular formula is C20H22N2O3. The number of amides is 2. The van der Waals surface area contributed by atoms with Gasteiger partial charge in [0.15, 0.2) is 0 Å². The number of rotatable bonds is 7. The van der Waals surface area contributed by atoms with E-state index in [0.29, 0.717) is 29.1 Å². The minimum atomic E-state index is -0.266. The predicted molar refractivity (Wildman–Crippen MR) is 99.1 cm³/mol. The van der Waals surface area contributed by atoms with Crippen LogP contribution >= 0.6 is 0 Å². The van der Waals surface area contributed by atoms with Gasteiger partial charge < -0.3 is 15.4 Å². The Morgan fingerprint density at radius 1 is 1.04 bits per heavy atom. The minimum Gasteiger partial charge on any atom is -0.489 e. The van der Waals surface area contributed by atoms with Crippen molar-refractivity contribution in [3.63, 3.8) is 0 Å². The summed E-state index contributed by atoms with van der Waals surface area (Å²) in [4.78, 5) is 24.3. The Balaban J connectivity index is 2.09. The molecule has 2 N–H and O–H groups in total. The van der Waals surface area contributed by atoms with Gasteiger partial charge in [-0.1, -0.05) is 18.2 Å². The maximum atomic E-state index is 12.4. The highest BCUT2D eigenvalue weighted by molar-refractivity contribution is 6.05. The zero-order valence-corrected chi connectivity index (χ0v) is 14.4. The van der Waals surface area contributed by atoms with Gasteiger partial charge in [-0.25, -0.2) is 0 Å². The van der Waals surface area contributed by atoms with E-state index in [2.05, 4.69) is 17.2 Å². The van der Waals surface area contributed by atoms with Crippen LogP contribution < -0.4 is 15.4 Å². The highest BCUT2D eigenvalue weighted by Crippen LogP contribution is 2.25. The van der Waals surface area contributed by atoms with Crippen molar-refractivity contribution in [2.75, 3.05) is 11.9 Å². The van der Waals surface area contributed by atoms with Crippen LogP contribution in [0.15, 0.2) is 61.2 Å². The summed E-state index contributed by atoms with van der Waals surface area (Å²) in [5, 5.41) is 5.53. The summed E-state index contributed by atoms with van der Waals surface area (Å²) in [5.41, 5.74) is 1.55. The third kappa shape index (κ3) is 5.21. The van der Waals surface area contributed by atoms with E-state index >= 15 is 0 Å². The van der Waals surface area contributed by atoms with E-state index in [1.807, 2.05) is 32.0 Å². The lowest BCUT2D eigenvalue weighted by Gasteiger charge is -2.14. The largest absolute Gasteiger partial charge is 0.489 e. The van der Waals surface area contributed by atoms with Gasteiger partial charge in [-0.05, 0) is 50.2 Å². The summed E-state index contributed by atoms with van der Waals surface area (Å²) in [6, 6.07) is 13.7. The Morgan fingerprint density at radius 2 is 1.64 bits per heavy atom. The molecule has 2 aromatic rings. The van der Waals surface area contributed by atoms with Crippen molar-refractivity contribution >= 4 is 17.5 Å². The number of hydrogen-bond acceptors (Lipinski definition) is 3. The second-order valence-corrected chi connectivity index (χ2v) is 5.69. The third-order valence-corrected chi connectivity index (χ3v) is 3.31. The molecule has 0 unspecified atom stereocenters. The highest BCUT2D eigenvalue weighted by Gasteiger charge is 2.12. The molecule has 2 rings (SSSR count). The first-order valence-electron chi connectivity index (χ1n) is 8.07. The SMILES string of the molecule is C=CCNC(=O)c1ccc(C(=O)Nc2ccccc2OC(C)C)cc1. The molecule has 0 radical (unpaired) electrons. The van der Waals surface area contributed by atoms with E-state index in [1.54, 1.807) is 36.4 Å². The zero-order valence-electron chi connectivity index (χ0n) is 14.4. The molecule has 130 valence electrons. The van der Waals surface area contributed by atoms with E-state index in [-0.39, 0.29) is 17.9 Å². The zero-order chi connectivity index (χ0) is 18.2. The maximum Gasteiger partial charge on any atom is 0.255 e. The molecule has 2 aromatic carbocycles. The predicted octanol–water partition coefficient (Wildman–Crippen LogP) is 3.64. The Bertz CT molecular complexity index is 752. The monoisotopic (exact) mass is 338 g/mol. The van der Waals surface area contributed by atoms with Crippen LogP contribution in [0, 0.1) is 0 Å². The van der Waals surface area contributed by atoms with Crippen LogP contribution in [-0.4, -0.2) is 24.5 Å². The summed E-state index contributed by atoms with van der Waals surface area (Å²) >= 11 is 0. The average Bonchev–Trinajstić information content (AvgIpc) is 2.61. The van der Waals surface area contributed by atoms with Crippen LogP contribution in [0.4, 0.5) is 5.69 Å². The summed E-state index contributed by atoms with van der Waals surface area (Å²) in [7, 11) is 0. The van der Waals surface area contributed by atoms with Crippen LogP contribution in [0.2, 0.25) is 0 Å². The molecule has 0 aliphatic rings. The Hall–Kier alpha value is -3.08. The molecule has 0 saturated heterocycles. The number of carbonyl (C=O) groups excluding carboxylic acids is 2. The third-order valence-electron chi connectivity index (χ3n) is 3.31. The molecule has 0 fully saturated rings. The first kappa shape index (κ1) is 18.3.